The van der Waals surface area contributed by atoms with Crippen LogP contribution in [0.4, 0.5) is 15.8 Å². The predicted octanol–water partition coefficient (Wildman–Crippen LogP) is 4.17. The smallest absolute Gasteiger partial charge is 0.143 e. The molecule has 0 amide bonds. The largest absolute Gasteiger partial charge is 0.397 e. The van der Waals surface area contributed by atoms with Crippen LogP contribution in [0.15, 0.2) is 29.0 Å². The lowest BCUT2D eigenvalue weighted by Gasteiger charge is -2.16. The minimum Gasteiger partial charge on any atom is -0.397 e. The second kappa shape index (κ2) is 5.59. The van der Waals surface area contributed by atoms with Crippen molar-refractivity contribution in [3.05, 3.63) is 45.4 Å². The van der Waals surface area contributed by atoms with E-state index in [0.717, 1.165) is 6.42 Å². The van der Waals surface area contributed by atoms with Gasteiger partial charge in [0.05, 0.1) is 16.4 Å². The molecule has 0 aliphatic heterocycles. The van der Waals surface area contributed by atoms with E-state index in [1.54, 1.807) is 11.3 Å². The molecule has 0 saturated carbocycles. The zero-order valence-corrected chi connectivity index (χ0v) is 11.5. The molecule has 0 aliphatic rings. The highest BCUT2D eigenvalue weighted by molar-refractivity contribution is 7.07. The topological polar surface area (TPSA) is 38.0 Å². The monoisotopic (exact) mass is 284 g/mol. The Morgan fingerprint density at radius 3 is 2.94 bits per heavy atom. The van der Waals surface area contributed by atoms with Crippen LogP contribution in [0, 0.1) is 5.82 Å². The minimum absolute atomic E-state index is 0.0449. The summed E-state index contributed by atoms with van der Waals surface area (Å²) in [4.78, 5) is 0. The molecule has 0 aliphatic carbocycles. The van der Waals surface area contributed by atoms with Gasteiger partial charge in [0.1, 0.15) is 5.82 Å². The molecule has 1 atom stereocenters. The molecule has 0 fully saturated rings. The van der Waals surface area contributed by atoms with Crippen LogP contribution in [0.3, 0.4) is 0 Å². The molecule has 1 unspecified atom stereocenters. The van der Waals surface area contributed by atoms with Gasteiger partial charge in [0, 0.05) is 12.1 Å². The summed E-state index contributed by atoms with van der Waals surface area (Å²) in [5, 5.41) is 7.38. The van der Waals surface area contributed by atoms with Crippen LogP contribution in [0.5, 0.6) is 0 Å². The maximum Gasteiger partial charge on any atom is 0.143 e. The SMILES string of the molecule is CC(Cc1ccsc1)Nc1cc(F)c(Cl)cc1N. The Labute approximate surface area is 115 Å². The molecule has 1 heterocycles. The molecule has 1 aromatic carbocycles. The molecule has 0 saturated heterocycles. The summed E-state index contributed by atoms with van der Waals surface area (Å²) in [6, 6.07) is 5.01. The minimum atomic E-state index is -0.462. The number of hydrogen-bond donors (Lipinski definition) is 2. The van der Waals surface area contributed by atoms with Crippen LogP contribution in [0.25, 0.3) is 0 Å². The predicted molar refractivity (Wildman–Crippen MR) is 76.9 cm³/mol. The number of thiophene rings is 1. The number of hydrogen-bond acceptors (Lipinski definition) is 3. The van der Waals surface area contributed by atoms with Crippen molar-refractivity contribution in [3.63, 3.8) is 0 Å². The van der Waals surface area contributed by atoms with Crippen molar-refractivity contribution in [1.29, 1.82) is 0 Å². The van der Waals surface area contributed by atoms with Crippen LogP contribution in [0.2, 0.25) is 5.02 Å². The lowest BCUT2D eigenvalue weighted by Crippen LogP contribution is -2.18. The van der Waals surface area contributed by atoms with Gasteiger partial charge in [-0.15, -0.1) is 0 Å². The van der Waals surface area contributed by atoms with Gasteiger partial charge in [-0.3, -0.25) is 0 Å². The second-order valence-electron chi connectivity index (χ2n) is 4.23. The van der Waals surface area contributed by atoms with Crippen LogP contribution in [0.1, 0.15) is 12.5 Å². The fourth-order valence-electron chi connectivity index (χ4n) is 1.77. The third kappa shape index (κ3) is 3.15. The normalized spacial score (nSPS) is 12.4. The van der Waals surface area contributed by atoms with Crippen LogP contribution < -0.4 is 11.1 Å². The van der Waals surface area contributed by atoms with Gasteiger partial charge in [0.25, 0.3) is 0 Å². The quantitative estimate of drug-likeness (QED) is 0.827. The Kier molecular flexibility index (Phi) is 4.09. The van der Waals surface area contributed by atoms with Crippen molar-refractivity contribution in [2.24, 2.45) is 0 Å². The molecular formula is C13H14ClFN2S. The van der Waals surface area contributed by atoms with Crippen molar-refractivity contribution < 1.29 is 4.39 Å². The molecule has 2 rings (SSSR count). The molecule has 2 nitrogen and oxygen atoms in total. The van der Waals surface area contributed by atoms with Crippen molar-refractivity contribution >= 4 is 34.3 Å². The molecule has 3 N–H and O–H groups in total. The lowest BCUT2D eigenvalue weighted by atomic mass is 10.1. The lowest BCUT2D eigenvalue weighted by molar-refractivity contribution is 0.628. The number of halogens is 2. The maximum absolute atomic E-state index is 13.4. The fourth-order valence-corrected chi connectivity index (χ4v) is 2.62. The van der Waals surface area contributed by atoms with Gasteiger partial charge in [-0.2, -0.15) is 11.3 Å². The van der Waals surface area contributed by atoms with Crippen LogP contribution in [-0.4, -0.2) is 6.04 Å². The van der Waals surface area contributed by atoms with E-state index in [4.69, 9.17) is 17.3 Å². The summed E-state index contributed by atoms with van der Waals surface area (Å²) >= 11 is 7.32. The summed E-state index contributed by atoms with van der Waals surface area (Å²) in [7, 11) is 0. The zero-order chi connectivity index (χ0) is 13.1. The van der Waals surface area contributed by atoms with Gasteiger partial charge in [0.15, 0.2) is 0 Å². The summed E-state index contributed by atoms with van der Waals surface area (Å²) < 4.78 is 13.4. The molecule has 0 radical (unpaired) electrons. The Morgan fingerprint density at radius 2 is 2.28 bits per heavy atom. The van der Waals surface area contributed by atoms with Crippen LogP contribution >= 0.6 is 22.9 Å². The maximum atomic E-state index is 13.4. The van der Waals surface area contributed by atoms with E-state index in [-0.39, 0.29) is 11.1 Å². The number of nitrogens with two attached hydrogens (primary N) is 1. The van der Waals surface area contributed by atoms with Crippen molar-refractivity contribution in [2.75, 3.05) is 11.1 Å². The van der Waals surface area contributed by atoms with Gasteiger partial charge < -0.3 is 11.1 Å². The summed E-state index contributed by atoms with van der Waals surface area (Å²) in [5.41, 5.74) is 8.10. The molecule has 1 aromatic heterocycles. The van der Waals surface area contributed by atoms with Crippen molar-refractivity contribution in [1.82, 2.24) is 0 Å². The van der Waals surface area contributed by atoms with E-state index in [0.29, 0.717) is 11.4 Å². The Balaban J connectivity index is 2.07. The highest BCUT2D eigenvalue weighted by Crippen LogP contribution is 2.27. The first-order valence-electron chi connectivity index (χ1n) is 5.58. The molecule has 0 spiro atoms. The molecule has 96 valence electrons. The second-order valence-corrected chi connectivity index (χ2v) is 5.42. The summed E-state index contributed by atoms with van der Waals surface area (Å²) in [6.07, 6.45) is 0.868. The average molecular weight is 285 g/mol. The van der Waals surface area contributed by atoms with E-state index in [9.17, 15) is 4.39 Å². The zero-order valence-electron chi connectivity index (χ0n) is 9.91. The molecule has 5 heteroatoms. The van der Waals surface area contributed by atoms with Gasteiger partial charge >= 0.3 is 0 Å². The van der Waals surface area contributed by atoms with Gasteiger partial charge in [-0.1, -0.05) is 11.6 Å². The van der Waals surface area contributed by atoms with E-state index in [2.05, 4.69) is 16.8 Å². The van der Waals surface area contributed by atoms with Crippen LogP contribution in [-0.2, 0) is 6.42 Å². The first kappa shape index (κ1) is 13.2. The van der Waals surface area contributed by atoms with E-state index >= 15 is 0 Å². The Morgan fingerprint density at radius 1 is 1.50 bits per heavy atom. The molecule has 18 heavy (non-hydrogen) atoms. The Bertz CT molecular complexity index is 528. The van der Waals surface area contributed by atoms with Gasteiger partial charge in [0.2, 0.25) is 0 Å². The number of nitrogen functional groups attached to an aromatic ring is 1. The number of anilines is 2. The summed E-state index contributed by atoms with van der Waals surface area (Å²) in [5.74, 6) is -0.462. The first-order valence-corrected chi connectivity index (χ1v) is 6.90. The Hall–Kier alpha value is -1.26. The number of nitrogens with one attached hydrogen (secondary N) is 1. The standard InChI is InChI=1S/C13H14ClFN2S/c1-8(4-9-2-3-18-7-9)17-13-6-11(15)10(14)5-12(13)16/h2-3,5-8,17H,4,16H2,1H3. The van der Waals surface area contributed by atoms with Crippen molar-refractivity contribution in [2.45, 2.75) is 19.4 Å². The first-order chi connectivity index (χ1) is 8.56. The molecule has 0 bridgehead atoms. The van der Waals surface area contributed by atoms with E-state index < -0.39 is 5.82 Å². The highest BCUT2D eigenvalue weighted by Gasteiger charge is 2.09. The third-order valence-corrected chi connectivity index (χ3v) is 3.64. The van der Waals surface area contributed by atoms with E-state index in [1.807, 2.05) is 12.3 Å². The van der Waals surface area contributed by atoms with Gasteiger partial charge in [-0.25, -0.2) is 4.39 Å². The van der Waals surface area contributed by atoms with Gasteiger partial charge in [-0.05, 0) is 41.8 Å². The highest BCUT2D eigenvalue weighted by atomic mass is 35.5. The third-order valence-electron chi connectivity index (χ3n) is 2.62. The van der Waals surface area contributed by atoms with E-state index in [1.165, 1.54) is 17.7 Å². The van der Waals surface area contributed by atoms with Crippen molar-refractivity contribution in [3.8, 4) is 0 Å². The number of benzene rings is 1. The molecule has 2 aromatic rings. The average Bonchev–Trinajstić information content (AvgIpc) is 2.78. The fraction of sp³-hybridized carbons (Fsp3) is 0.231. The number of rotatable bonds is 4. The summed E-state index contributed by atoms with van der Waals surface area (Å²) in [6.45, 7) is 2.03. The molecular weight excluding hydrogens is 271 g/mol.